The largest absolute Gasteiger partial charge is 0.454 e. The highest BCUT2D eigenvalue weighted by Gasteiger charge is 2.44. The second-order valence-electron chi connectivity index (χ2n) is 6.94. The van der Waals surface area contributed by atoms with Crippen LogP contribution < -0.4 is 9.91 Å². The van der Waals surface area contributed by atoms with Gasteiger partial charge in [-0.25, -0.2) is 0 Å². The number of hydrogen-bond acceptors (Lipinski definition) is 6. The molecule has 5 rings (SSSR count). The number of aromatic amines is 1. The van der Waals surface area contributed by atoms with Crippen LogP contribution in [-0.2, 0) is 7.05 Å². The van der Waals surface area contributed by atoms with E-state index in [-0.39, 0.29) is 15.9 Å². The Kier molecular flexibility index (Phi) is 3.95. The number of fused-ring (bicyclic) bond motifs is 2. The van der Waals surface area contributed by atoms with Crippen molar-refractivity contribution in [2.75, 3.05) is 5.32 Å². The van der Waals surface area contributed by atoms with Crippen LogP contribution >= 0.6 is 0 Å². The van der Waals surface area contributed by atoms with E-state index in [0.717, 1.165) is 11.9 Å². The van der Waals surface area contributed by atoms with E-state index in [4.69, 9.17) is 0 Å². The van der Waals surface area contributed by atoms with E-state index in [1.165, 1.54) is 6.07 Å². The van der Waals surface area contributed by atoms with Gasteiger partial charge in [-0.3, -0.25) is 14.5 Å². The highest BCUT2D eigenvalue weighted by atomic mass is 19.4. The number of ketones is 1. The Morgan fingerprint density at radius 3 is 2.87 bits per heavy atom. The molecular weight excluding hydrogens is 413 g/mol. The lowest BCUT2D eigenvalue weighted by molar-refractivity contribution is -0.0884. The van der Waals surface area contributed by atoms with Crippen LogP contribution in [0.1, 0.15) is 10.4 Å². The number of carbonyl (C=O) groups excluding carboxylic acids is 1. The number of H-pyrrole nitrogens is 1. The van der Waals surface area contributed by atoms with E-state index in [1.807, 2.05) is 6.20 Å². The zero-order valence-electron chi connectivity index (χ0n) is 15.9. The number of aryl methyl sites for hydroxylation is 1. The molecule has 2 aromatic heterocycles. The fourth-order valence-electron chi connectivity index (χ4n) is 3.47. The molecule has 9 nitrogen and oxygen atoms in total. The van der Waals surface area contributed by atoms with Gasteiger partial charge in [0.1, 0.15) is 12.4 Å². The average Bonchev–Trinajstić information content (AvgIpc) is 3.42. The average molecular weight is 427 g/mol. The number of halogens is 3. The maximum atomic E-state index is 12.8. The second-order valence-corrected chi connectivity index (χ2v) is 6.94. The number of alkyl halides is 3. The van der Waals surface area contributed by atoms with Gasteiger partial charge in [-0.2, -0.15) is 23.3 Å². The fraction of sp³-hybridized carbons (Fsp3) is 0.105. The van der Waals surface area contributed by atoms with E-state index in [1.54, 1.807) is 48.7 Å². The van der Waals surface area contributed by atoms with Crippen molar-refractivity contribution in [3.63, 3.8) is 0 Å². The molecule has 1 unspecified atom stereocenters. The molecule has 3 aromatic rings. The number of hydrogen-bond donors (Lipinski definition) is 2. The third-order valence-corrected chi connectivity index (χ3v) is 4.91. The van der Waals surface area contributed by atoms with Crippen molar-refractivity contribution < 1.29 is 18.0 Å². The van der Waals surface area contributed by atoms with Crippen molar-refractivity contribution in [1.82, 2.24) is 19.4 Å². The van der Waals surface area contributed by atoms with Crippen LogP contribution in [0.5, 0.6) is 0 Å². The Morgan fingerprint density at radius 2 is 2.13 bits per heavy atom. The van der Waals surface area contributed by atoms with Crippen LogP contribution in [0.3, 0.4) is 0 Å². The molecule has 31 heavy (non-hydrogen) atoms. The van der Waals surface area contributed by atoms with Gasteiger partial charge in [0.2, 0.25) is 5.69 Å². The number of rotatable bonds is 3. The predicted molar refractivity (Wildman–Crippen MR) is 110 cm³/mol. The zero-order valence-corrected chi connectivity index (χ0v) is 15.9. The summed E-state index contributed by atoms with van der Waals surface area (Å²) in [7, 11) is 1.79. The van der Waals surface area contributed by atoms with Gasteiger partial charge >= 0.3 is 6.18 Å². The molecule has 0 radical (unpaired) electrons. The van der Waals surface area contributed by atoms with Gasteiger partial charge < -0.3 is 10.3 Å². The van der Waals surface area contributed by atoms with Gasteiger partial charge in [0.15, 0.2) is 6.20 Å². The van der Waals surface area contributed by atoms with Gasteiger partial charge in [-0.1, -0.05) is 10.7 Å². The van der Waals surface area contributed by atoms with E-state index < -0.39 is 17.5 Å². The first-order chi connectivity index (χ1) is 14.8. The summed E-state index contributed by atoms with van der Waals surface area (Å²) in [6.07, 6.45) is 4.57. The quantitative estimate of drug-likeness (QED) is 0.496. The van der Waals surface area contributed by atoms with Gasteiger partial charge in [-0.05, 0) is 17.2 Å². The Hall–Kier alpha value is -4.06. The highest BCUT2D eigenvalue weighted by molar-refractivity contribution is 6.38. The molecule has 1 atom stereocenters. The minimum atomic E-state index is -4.94. The molecule has 1 aromatic carbocycles. The zero-order chi connectivity index (χ0) is 21.8. The number of guanidine groups is 1. The lowest BCUT2D eigenvalue weighted by Crippen LogP contribution is -2.44. The Balaban J connectivity index is 1.48. The third kappa shape index (κ3) is 3.04. The van der Waals surface area contributed by atoms with Crippen molar-refractivity contribution >= 4 is 46.1 Å². The normalized spacial score (nSPS) is 20.0. The van der Waals surface area contributed by atoms with Crippen LogP contribution in [0.25, 0.3) is 10.9 Å². The fourth-order valence-corrected chi connectivity index (χ4v) is 3.47. The van der Waals surface area contributed by atoms with Crippen LogP contribution in [0.4, 0.5) is 24.5 Å². The first-order valence-corrected chi connectivity index (χ1v) is 9.04. The summed E-state index contributed by atoms with van der Waals surface area (Å²) >= 11 is 0. The molecule has 2 aliphatic heterocycles. The SMILES string of the molecule is Cn1cc([N+]23C=CN=CC2=NC(Nc2ccc4c(C(=O)C(F)(F)F)c[nH]c4c2)=N3)cn1. The van der Waals surface area contributed by atoms with Gasteiger partial charge in [0.25, 0.3) is 17.6 Å². The Morgan fingerprint density at radius 1 is 1.29 bits per heavy atom. The summed E-state index contributed by atoms with van der Waals surface area (Å²) < 4.78 is 40.0. The number of amidine groups is 1. The molecule has 12 heteroatoms. The Bertz CT molecular complexity index is 1340. The lowest BCUT2D eigenvalue weighted by Gasteiger charge is -2.21. The summed E-state index contributed by atoms with van der Waals surface area (Å²) in [5.74, 6) is -1.05. The summed E-state index contributed by atoms with van der Waals surface area (Å²) in [6.45, 7) is 0. The number of quaternary nitrogens is 1. The number of aromatic nitrogens is 3. The second kappa shape index (κ2) is 6.47. The molecule has 0 saturated carbocycles. The van der Waals surface area contributed by atoms with Crippen molar-refractivity contribution in [2.45, 2.75) is 6.18 Å². The number of Topliss-reactive ketones (excluding diaryl/α,β-unsaturated/α-hetero) is 1. The first kappa shape index (κ1) is 18.9. The maximum absolute atomic E-state index is 12.8. The van der Waals surface area contributed by atoms with Crippen LogP contribution in [0.2, 0.25) is 0 Å². The molecule has 0 aliphatic carbocycles. The van der Waals surface area contributed by atoms with Gasteiger partial charge in [-0.15, -0.1) is 0 Å². The number of aliphatic imine (C=N–C) groups is 2. The predicted octanol–water partition coefficient (Wildman–Crippen LogP) is 3.30. The summed E-state index contributed by atoms with van der Waals surface area (Å²) in [6, 6.07) is 4.58. The van der Waals surface area contributed by atoms with Crippen LogP contribution in [0.15, 0.2) is 64.3 Å². The number of anilines is 1. The first-order valence-electron chi connectivity index (χ1n) is 9.04. The molecule has 156 valence electrons. The van der Waals surface area contributed by atoms with E-state index in [2.05, 4.69) is 30.5 Å². The Labute approximate surface area is 172 Å². The standard InChI is InChI=1S/C19H13F3N8O/c1-29-10-12(7-25-29)30-5-4-23-9-16(30)27-18(28-30)26-11-2-3-13-14(8-24-15(13)6-11)17(31)19(20,21)22/h2-10H,1H3,(H-,23,24,26,27,28,31)/p+1. The molecule has 4 heterocycles. The van der Waals surface area contributed by atoms with E-state index in [9.17, 15) is 18.0 Å². The van der Waals surface area contributed by atoms with Crippen molar-refractivity contribution in [3.8, 4) is 0 Å². The number of carbonyl (C=O) groups is 1. The highest BCUT2D eigenvalue weighted by Crippen LogP contribution is 2.31. The van der Waals surface area contributed by atoms with E-state index >= 15 is 0 Å². The monoisotopic (exact) mass is 427 g/mol. The number of nitrogens with one attached hydrogen (secondary N) is 2. The van der Waals surface area contributed by atoms with Crippen molar-refractivity contribution in [3.05, 3.63) is 54.8 Å². The minimum absolute atomic E-state index is 0.0470. The molecule has 2 N–H and O–H groups in total. The third-order valence-electron chi connectivity index (χ3n) is 4.91. The molecule has 0 bridgehead atoms. The smallest absolute Gasteiger partial charge is 0.360 e. The molecule has 0 spiro atoms. The molecule has 0 saturated heterocycles. The lowest BCUT2D eigenvalue weighted by atomic mass is 10.1. The van der Waals surface area contributed by atoms with Crippen molar-refractivity contribution in [1.29, 1.82) is 0 Å². The molecular formula is C19H14F3N8O+. The molecule has 0 fully saturated rings. The molecule has 2 aliphatic rings. The topological polar surface area (TPSA) is 99.8 Å². The minimum Gasteiger partial charge on any atom is -0.360 e. The van der Waals surface area contributed by atoms with Gasteiger partial charge in [0, 0.05) is 29.8 Å². The van der Waals surface area contributed by atoms with Gasteiger partial charge in [0.05, 0.1) is 18.0 Å². The summed E-state index contributed by atoms with van der Waals surface area (Å²) in [4.78, 5) is 22.9. The number of benzene rings is 1. The maximum Gasteiger partial charge on any atom is 0.454 e. The number of nitrogens with zero attached hydrogens (tertiary/aromatic N) is 6. The summed E-state index contributed by atoms with van der Waals surface area (Å²) in [5.41, 5.74) is 1.25. The van der Waals surface area contributed by atoms with Crippen LogP contribution in [-0.4, -0.2) is 44.7 Å². The van der Waals surface area contributed by atoms with E-state index in [0.29, 0.717) is 17.0 Å². The van der Waals surface area contributed by atoms with Crippen LogP contribution in [0, 0.1) is 0 Å². The van der Waals surface area contributed by atoms with Crippen molar-refractivity contribution in [2.24, 2.45) is 22.1 Å². The summed E-state index contributed by atoms with van der Waals surface area (Å²) in [5, 5.41) is 12.1. The molecule has 0 amide bonds.